The third-order valence-corrected chi connectivity index (χ3v) is 6.19. The summed E-state index contributed by atoms with van der Waals surface area (Å²) >= 11 is 3.46. The van der Waals surface area contributed by atoms with Crippen LogP contribution in [0, 0.1) is 5.92 Å². The molecule has 31 heavy (non-hydrogen) atoms. The van der Waals surface area contributed by atoms with Crippen molar-refractivity contribution in [1.29, 1.82) is 0 Å². The number of allylic oxidation sites excluding steroid dienone is 2. The molecule has 0 amide bonds. The highest BCUT2D eigenvalue weighted by molar-refractivity contribution is 9.10. The van der Waals surface area contributed by atoms with Crippen molar-refractivity contribution in [1.82, 2.24) is 0 Å². The number of halogens is 1. The van der Waals surface area contributed by atoms with Crippen LogP contribution in [0.2, 0.25) is 0 Å². The first-order valence-corrected chi connectivity index (χ1v) is 11.3. The zero-order valence-electron chi connectivity index (χ0n) is 17.3. The second-order valence-electron chi connectivity index (χ2n) is 7.73. The first-order valence-electron chi connectivity index (χ1n) is 10.5. The molecule has 0 bridgehead atoms. The van der Waals surface area contributed by atoms with E-state index in [-0.39, 0.29) is 30.9 Å². The van der Waals surface area contributed by atoms with Crippen molar-refractivity contribution in [2.45, 2.75) is 32.1 Å². The molecule has 0 spiro atoms. The molecule has 2 atom stereocenters. The number of ketones is 1. The van der Waals surface area contributed by atoms with Gasteiger partial charge in [0.25, 0.3) is 0 Å². The van der Waals surface area contributed by atoms with Gasteiger partial charge in [-0.05, 0) is 49.6 Å². The average Bonchev–Trinajstić information content (AvgIpc) is 2.77. The molecule has 6 heteroatoms. The van der Waals surface area contributed by atoms with Crippen LogP contribution in [0.5, 0.6) is 5.75 Å². The van der Waals surface area contributed by atoms with E-state index in [4.69, 9.17) is 9.47 Å². The van der Waals surface area contributed by atoms with Crippen LogP contribution in [-0.2, 0) is 14.3 Å². The van der Waals surface area contributed by atoms with Crippen molar-refractivity contribution in [3.8, 4) is 5.75 Å². The summed E-state index contributed by atoms with van der Waals surface area (Å²) in [6.07, 6.45) is 2.05. The Morgan fingerprint density at radius 2 is 1.81 bits per heavy atom. The molecule has 1 aliphatic heterocycles. The SMILES string of the molecule is CC1=NC2=C(C(=O)CCC2)[C@@H](c2ccc(Br)cc2)C1C(=O)OCCOc1ccccc1. The Bertz CT molecular complexity index is 1030. The fraction of sp³-hybridized carbons (Fsp3) is 0.320. The maximum atomic E-state index is 13.1. The van der Waals surface area contributed by atoms with Crippen LogP contribution in [0.1, 0.15) is 37.7 Å². The molecular formula is C25H24BrNO4. The first kappa shape index (κ1) is 21.5. The Kier molecular flexibility index (Phi) is 6.66. The molecule has 2 aromatic rings. The van der Waals surface area contributed by atoms with Crippen LogP contribution in [0.4, 0.5) is 0 Å². The first-order chi connectivity index (χ1) is 15.0. The fourth-order valence-corrected chi connectivity index (χ4v) is 4.51. The van der Waals surface area contributed by atoms with E-state index in [0.29, 0.717) is 17.7 Å². The van der Waals surface area contributed by atoms with E-state index in [1.54, 1.807) is 0 Å². The fourth-order valence-electron chi connectivity index (χ4n) is 4.25. The Labute approximate surface area is 190 Å². The molecule has 1 heterocycles. The molecule has 2 aliphatic rings. The number of carbonyl (C=O) groups excluding carboxylic acids is 2. The highest BCUT2D eigenvalue weighted by atomic mass is 79.9. The molecule has 5 nitrogen and oxygen atoms in total. The number of nitrogens with zero attached hydrogens (tertiary/aromatic N) is 1. The second-order valence-corrected chi connectivity index (χ2v) is 8.64. The van der Waals surface area contributed by atoms with Gasteiger partial charge in [-0.2, -0.15) is 0 Å². The number of rotatable bonds is 6. The van der Waals surface area contributed by atoms with Crippen molar-refractivity contribution in [3.63, 3.8) is 0 Å². The van der Waals surface area contributed by atoms with Gasteiger partial charge in [-0.25, -0.2) is 0 Å². The normalized spacial score (nSPS) is 20.7. The van der Waals surface area contributed by atoms with Crippen LogP contribution >= 0.6 is 15.9 Å². The standard InChI is InChI=1S/C25H24BrNO4/c1-16-22(25(29)31-15-14-30-19-6-3-2-4-7-19)23(17-10-12-18(26)13-11-17)24-20(27-16)8-5-9-21(24)28/h2-4,6-7,10-13,22-23H,5,8-9,14-15H2,1H3/t22?,23-/m0/s1. The van der Waals surface area contributed by atoms with E-state index in [0.717, 1.165) is 34.3 Å². The quantitative estimate of drug-likeness (QED) is 0.417. The summed E-state index contributed by atoms with van der Waals surface area (Å²) in [4.78, 5) is 30.7. The molecule has 2 aromatic carbocycles. The molecule has 0 saturated heterocycles. The summed E-state index contributed by atoms with van der Waals surface area (Å²) < 4.78 is 12.1. The zero-order chi connectivity index (χ0) is 21.8. The van der Waals surface area contributed by atoms with Crippen molar-refractivity contribution in [2.24, 2.45) is 10.9 Å². The van der Waals surface area contributed by atoms with E-state index in [1.807, 2.05) is 61.5 Å². The van der Waals surface area contributed by atoms with E-state index in [1.165, 1.54) is 0 Å². The van der Waals surface area contributed by atoms with Gasteiger partial charge in [0.1, 0.15) is 24.9 Å². The van der Waals surface area contributed by atoms with Crippen molar-refractivity contribution in [3.05, 3.63) is 75.9 Å². The molecule has 1 aliphatic carbocycles. The lowest BCUT2D eigenvalue weighted by atomic mass is 9.72. The molecule has 0 N–H and O–H groups in total. The van der Waals surface area contributed by atoms with Crippen molar-refractivity contribution < 1.29 is 19.1 Å². The van der Waals surface area contributed by atoms with Crippen LogP contribution in [0.25, 0.3) is 0 Å². The largest absolute Gasteiger partial charge is 0.490 e. The number of esters is 1. The van der Waals surface area contributed by atoms with Gasteiger partial charge in [-0.15, -0.1) is 0 Å². The van der Waals surface area contributed by atoms with Crippen LogP contribution in [0.15, 0.2) is 75.3 Å². The minimum atomic E-state index is -0.626. The summed E-state index contributed by atoms with van der Waals surface area (Å²) in [7, 11) is 0. The predicted molar refractivity (Wildman–Crippen MR) is 122 cm³/mol. The van der Waals surface area contributed by atoms with Crippen LogP contribution in [0.3, 0.4) is 0 Å². The summed E-state index contributed by atoms with van der Waals surface area (Å²) in [5.41, 5.74) is 3.10. The third kappa shape index (κ3) is 4.79. The lowest BCUT2D eigenvalue weighted by Gasteiger charge is -2.34. The Balaban J connectivity index is 1.54. The van der Waals surface area contributed by atoms with E-state index >= 15 is 0 Å². The van der Waals surface area contributed by atoms with Gasteiger partial charge in [0, 0.05) is 33.8 Å². The number of benzene rings is 2. The highest BCUT2D eigenvalue weighted by Gasteiger charge is 2.43. The van der Waals surface area contributed by atoms with Crippen molar-refractivity contribution in [2.75, 3.05) is 13.2 Å². The van der Waals surface area contributed by atoms with Crippen molar-refractivity contribution >= 4 is 33.4 Å². The number of carbonyl (C=O) groups is 2. The maximum absolute atomic E-state index is 13.1. The Morgan fingerprint density at radius 1 is 1.06 bits per heavy atom. The summed E-state index contributed by atoms with van der Waals surface area (Å²) in [5, 5.41) is 0. The lowest BCUT2D eigenvalue weighted by molar-refractivity contribution is -0.147. The molecule has 1 unspecified atom stereocenters. The minimum absolute atomic E-state index is 0.0793. The predicted octanol–water partition coefficient (Wildman–Crippen LogP) is 5.25. The molecule has 0 saturated carbocycles. The Hall–Kier alpha value is -2.73. The maximum Gasteiger partial charge on any atom is 0.315 e. The van der Waals surface area contributed by atoms with Gasteiger partial charge in [0.15, 0.2) is 5.78 Å². The topological polar surface area (TPSA) is 65.0 Å². The summed E-state index contributed by atoms with van der Waals surface area (Å²) in [6, 6.07) is 17.2. The molecule has 0 aromatic heterocycles. The smallest absolute Gasteiger partial charge is 0.315 e. The van der Waals surface area contributed by atoms with Crippen LogP contribution in [-0.4, -0.2) is 30.7 Å². The molecule has 0 radical (unpaired) electrons. The molecular weight excluding hydrogens is 458 g/mol. The minimum Gasteiger partial charge on any atom is -0.490 e. The van der Waals surface area contributed by atoms with E-state index in [9.17, 15) is 9.59 Å². The number of hydrogen-bond donors (Lipinski definition) is 0. The van der Waals surface area contributed by atoms with Gasteiger partial charge in [0.05, 0.1) is 0 Å². The second kappa shape index (κ2) is 9.60. The van der Waals surface area contributed by atoms with Gasteiger partial charge < -0.3 is 9.47 Å². The average molecular weight is 482 g/mol. The van der Waals surface area contributed by atoms with Gasteiger partial charge in [-0.3, -0.25) is 14.6 Å². The van der Waals surface area contributed by atoms with Gasteiger partial charge in [0.2, 0.25) is 0 Å². The lowest BCUT2D eigenvalue weighted by Crippen LogP contribution is -2.37. The number of aliphatic imine (C=N–C) groups is 1. The van der Waals surface area contributed by atoms with Gasteiger partial charge >= 0.3 is 5.97 Å². The van der Waals surface area contributed by atoms with Gasteiger partial charge in [-0.1, -0.05) is 46.3 Å². The Morgan fingerprint density at radius 3 is 2.55 bits per heavy atom. The van der Waals surface area contributed by atoms with E-state index in [2.05, 4.69) is 20.9 Å². The monoisotopic (exact) mass is 481 g/mol. The number of ether oxygens (including phenoxy) is 2. The summed E-state index contributed by atoms with van der Waals surface area (Å²) in [5.74, 6) is -0.578. The molecule has 4 rings (SSSR count). The highest BCUT2D eigenvalue weighted by Crippen LogP contribution is 2.43. The van der Waals surface area contributed by atoms with E-state index < -0.39 is 5.92 Å². The molecule has 160 valence electrons. The number of para-hydroxylation sites is 1. The zero-order valence-corrected chi connectivity index (χ0v) is 18.9. The number of Topliss-reactive ketones (excluding diaryl/α,β-unsaturated/α-hetero) is 1. The number of hydrogen-bond acceptors (Lipinski definition) is 5. The van der Waals surface area contributed by atoms with Crippen LogP contribution < -0.4 is 4.74 Å². The summed E-state index contributed by atoms with van der Waals surface area (Å²) in [6.45, 7) is 2.24. The molecule has 0 fully saturated rings. The third-order valence-electron chi connectivity index (χ3n) is 5.66.